The SMILES string of the molecule is COc1ccc(-c2noc(CC(=O)N3CCCC(Oc4ccccc4)C3)n2)cc1. The van der Waals surface area contributed by atoms with Crippen LogP contribution in [0.2, 0.25) is 0 Å². The molecular formula is C22H23N3O4. The van der Waals surface area contributed by atoms with Crippen LogP contribution in [0.25, 0.3) is 11.4 Å². The summed E-state index contributed by atoms with van der Waals surface area (Å²) < 4.78 is 16.5. The van der Waals surface area contributed by atoms with Crippen LogP contribution in [0.5, 0.6) is 11.5 Å². The number of piperidine rings is 1. The van der Waals surface area contributed by atoms with Crippen LogP contribution in [0, 0.1) is 0 Å². The highest BCUT2D eigenvalue weighted by molar-refractivity contribution is 5.78. The van der Waals surface area contributed by atoms with Crippen LogP contribution in [-0.4, -0.2) is 47.3 Å². The number of hydrogen-bond acceptors (Lipinski definition) is 6. The Morgan fingerprint density at radius 1 is 1.14 bits per heavy atom. The summed E-state index contributed by atoms with van der Waals surface area (Å²) in [6.07, 6.45) is 1.92. The number of nitrogens with zero attached hydrogens (tertiary/aromatic N) is 3. The summed E-state index contributed by atoms with van der Waals surface area (Å²) in [7, 11) is 1.61. The molecule has 1 unspecified atom stereocenters. The van der Waals surface area contributed by atoms with Crippen molar-refractivity contribution in [3.05, 3.63) is 60.5 Å². The molecule has 150 valence electrons. The van der Waals surface area contributed by atoms with E-state index in [0.29, 0.717) is 24.8 Å². The second-order valence-electron chi connectivity index (χ2n) is 6.95. The van der Waals surface area contributed by atoms with Gasteiger partial charge in [0.1, 0.15) is 24.0 Å². The summed E-state index contributed by atoms with van der Waals surface area (Å²) in [6.45, 7) is 1.28. The molecule has 0 spiro atoms. The van der Waals surface area contributed by atoms with Gasteiger partial charge in [-0.2, -0.15) is 4.98 Å². The number of carbonyl (C=O) groups is 1. The fourth-order valence-corrected chi connectivity index (χ4v) is 3.38. The van der Waals surface area contributed by atoms with Gasteiger partial charge in [0.2, 0.25) is 17.6 Å². The Hall–Kier alpha value is -3.35. The minimum atomic E-state index is -0.0312. The van der Waals surface area contributed by atoms with E-state index in [-0.39, 0.29) is 18.4 Å². The van der Waals surface area contributed by atoms with Crippen LogP contribution in [0.15, 0.2) is 59.1 Å². The van der Waals surface area contributed by atoms with E-state index in [0.717, 1.165) is 29.9 Å². The quantitative estimate of drug-likeness (QED) is 0.639. The Bertz CT molecular complexity index is 940. The maximum Gasteiger partial charge on any atom is 0.236 e. The van der Waals surface area contributed by atoms with Gasteiger partial charge in [-0.3, -0.25) is 4.79 Å². The van der Waals surface area contributed by atoms with Gasteiger partial charge < -0.3 is 18.9 Å². The maximum atomic E-state index is 12.7. The number of aromatic nitrogens is 2. The van der Waals surface area contributed by atoms with E-state index in [2.05, 4.69) is 10.1 Å². The van der Waals surface area contributed by atoms with E-state index in [9.17, 15) is 4.79 Å². The molecule has 0 bridgehead atoms. The number of hydrogen-bond donors (Lipinski definition) is 0. The van der Waals surface area contributed by atoms with E-state index in [1.807, 2.05) is 59.5 Å². The first-order valence-electron chi connectivity index (χ1n) is 9.68. The predicted molar refractivity (Wildman–Crippen MR) is 107 cm³/mol. The van der Waals surface area contributed by atoms with Gasteiger partial charge in [-0.1, -0.05) is 23.4 Å². The maximum absolute atomic E-state index is 12.7. The third kappa shape index (κ3) is 4.74. The van der Waals surface area contributed by atoms with Gasteiger partial charge in [0.25, 0.3) is 0 Å². The zero-order valence-corrected chi connectivity index (χ0v) is 16.3. The van der Waals surface area contributed by atoms with Crippen molar-refractivity contribution in [2.24, 2.45) is 0 Å². The highest BCUT2D eigenvalue weighted by atomic mass is 16.5. The summed E-state index contributed by atoms with van der Waals surface area (Å²) in [4.78, 5) is 18.9. The molecule has 1 saturated heterocycles. The van der Waals surface area contributed by atoms with Crippen LogP contribution in [-0.2, 0) is 11.2 Å². The molecule has 3 aromatic rings. The number of ether oxygens (including phenoxy) is 2. The largest absolute Gasteiger partial charge is 0.497 e. The van der Waals surface area contributed by atoms with E-state index >= 15 is 0 Å². The summed E-state index contributed by atoms with van der Waals surface area (Å²) in [6, 6.07) is 17.1. The molecule has 2 aromatic carbocycles. The topological polar surface area (TPSA) is 77.7 Å². The number of benzene rings is 2. The molecule has 1 aliphatic heterocycles. The molecular weight excluding hydrogens is 370 g/mol. The molecule has 7 nitrogen and oxygen atoms in total. The van der Waals surface area contributed by atoms with Gasteiger partial charge >= 0.3 is 0 Å². The van der Waals surface area contributed by atoms with Gasteiger partial charge in [0.05, 0.1) is 13.7 Å². The second-order valence-corrected chi connectivity index (χ2v) is 6.95. The van der Waals surface area contributed by atoms with Crippen molar-refractivity contribution in [1.82, 2.24) is 15.0 Å². The summed E-state index contributed by atoms with van der Waals surface area (Å²) in [5.41, 5.74) is 0.808. The molecule has 2 heterocycles. The average molecular weight is 393 g/mol. The van der Waals surface area contributed by atoms with Crippen LogP contribution in [0.1, 0.15) is 18.7 Å². The van der Waals surface area contributed by atoms with E-state index in [4.69, 9.17) is 14.0 Å². The lowest BCUT2D eigenvalue weighted by atomic mass is 10.1. The molecule has 4 rings (SSSR count). The van der Waals surface area contributed by atoms with Crippen molar-refractivity contribution >= 4 is 5.91 Å². The molecule has 1 fully saturated rings. The fourth-order valence-electron chi connectivity index (χ4n) is 3.38. The number of methoxy groups -OCH3 is 1. The number of para-hydroxylation sites is 1. The van der Waals surface area contributed by atoms with Crippen LogP contribution in [0.4, 0.5) is 0 Å². The minimum absolute atomic E-state index is 0.00681. The lowest BCUT2D eigenvalue weighted by Crippen LogP contribution is -2.45. The lowest BCUT2D eigenvalue weighted by molar-refractivity contribution is -0.133. The molecule has 0 N–H and O–H groups in total. The van der Waals surface area contributed by atoms with Crippen molar-refractivity contribution in [2.75, 3.05) is 20.2 Å². The van der Waals surface area contributed by atoms with Crippen molar-refractivity contribution in [1.29, 1.82) is 0 Å². The highest BCUT2D eigenvalue weighted by Gasteiger charge is 2.26. The van der Waals surface area contributed by atoms with Gasteiger partial charge in [-0.05, 0) is 49.2 Å². The zero-order chi connectivity index (χ0) is 20.1. The van der Waals surface area contributed by atoms with Gasteiger partial charge in [-0.25, -0.2) is 0 Å². The Kier molecular flexibility index (Phi) is 5.74. The lowest BCUT2D eigenvalue weighted by Gasteiger charge is -2.32. The molecule has 1 amide bonds. The smallest absolute Gasteiger partial charge is 0.236 e. The standard InChI is InChI=1S/C22H23N3O4/c1-27-17-11-9-16(10-12-17)22-23-20(29-24-22)14-21(26)25-13-5-8-19(15-25)28-18-6-3-2-4-7-18/h2-4,6-7,9-12,19H,5,8,13-15H2,1H3. The van der Waals surface area contributed by atoms with Gasteiger partial charge in [-0.15, -0.1) is 0 Å². The summed E-state index contributed by atoms with van der Waals surface area (Å²) in [5, 5.41) is 3.99. The van der Waals surface area contributed by atoms with Crippen molar-refractivity contribution < 1.29 is 18.8 Å². The molecule has 0 saturated carbocycles. The van der Waals surface area contributed by atoms with Crippen LogP contribution < -0.4 is 9.47 Å². The normalized spacial score (nSPS) is 16.4. The predicted octanol–water partition coefficient (Wildman–Crippen LogP) is 3.36. The Balaban J connectivity index is 1.35. The third-order valence-corrected chi connectivity index (χ3v) is 4.90. The van der Waals surface area contributed by atoms with Gasteiger partial charge in [0, 0.05) is 12.1 Å². The Morgan fingerprint density at radius 3 is 2.69 bits per heavy atom. The molecule has 1 atom stereocenters. The third-order valence-electron chi connectivity index (χ3n) is 4.90. The van der Waals surface area contributed by atoms with Gasteiger partial charge in [0.15, 0.2) is 0 Å². The van der Waals surface area contributed by atoms with Crippen LogP contribution >= 0.6 is 0 Å². The zero-order valence-electron chi connectivity index (χ0n) is 16.3. The number of carbonyl (C=O) groups excluding carboxylic acids is 1. The highest BCUT2D eigenvalue weighted by Crippen LogP contribution is 2.21. The second kappa shape index (κ2) is 8.77. The molecule has 1 aliphatic rings. The van der Waals surface area contributed by atoms with Crippen LogP contribution in [0.3, 0.4) is 0 Å². The number of likely N-dealkylation sites (tertiary alicyclic amines) is 1. The molecule has 1 aromatic heterocycles. The van der Waals surface area contributed by atoms with E-state index in [1.165, 1.54) is 0 Å². The fraction of sp³-hybridized carbons (Fsp3) is 0.318. The molecule has 7 heteroatoms. The summed E-state index contributed by atoms with van der Waals surface area (Å²) in [5.74, 6) is 2.32. The molecule has 29 heavy (non-hydrogen) atoms. The van der Waals surface area contributed by atoms with E-state index in [1.54, 1.807) is 7.11 Å². The Labute approximate surface area is 169 Å². The van der Waals surface area contributed by atoms with Crippen molar-refractivity contribution in [3.8, 4) is 22.9 Å². The van der Waals surface area contributed by atoms with Crippen molar-refractivity contribution in [3.63, 3.8) is 0 Å². The number of amides is 1. The first-order valence-corrected chi connectivity index (χ1v) is 9.68. The van der Waals surface area contributed by atoms with E-state index < -0.39 is 0 Å². The van der Waals surface area contributed by atoms with Crippen molar-refractivity contribution in [2.45, 2.75) is 25.4 Å². The first-order chi connectivity index (χ1) is 14.2. The molecule has 0 radical (unpaired) electrons. The molecule has 0 aliphatic carbocycles. The Morgan fingerprint density at radius 2 is 1.93 bits per heavy atom. The monoisotopic (exact) mass is 393 g/mol. The average Bonchev–Trinajstić information content (AvgIpc) is 3.23. The number of rotatable bonds is 6. The first kappa shape index (κ1) is 19.0. The summed E-state index contributed by atoms with van der Waals surface area (Å²) >= 11 is 0. The minimum Gasteiger partial charge on any atom is -0.497 e.